The summed E-state index contributed by atoms with van der Waals surface area (Å²) in [6.45, 7) is 11.9. The summed E-state index contributed by atoms with van der Waals surface area (Å²) in [7, 11) is 0. The highest BCUT2D eigenvalue weighted by Gasteiger charge is 2.31. The maximum Gasteiger partial charge on any atom is 0.573 e. The zero-order valence-electron chi connectivity index (χ0n) is 16.6. The lowest BCUT2D eigenvalue weighted by atomic mass is 9.88. The molecule has 2 aromatic rings. The Labute approximate surface area is 164 Å². The van der Waals surface area contributed by atoms with E-state index < -0.39 is 6.36 Å². The molecule has 3 rings (SSSR count). The molecule has 0 saturated carbocycles. The lowest BCUT2D eigenvalue weighted by molar-refractivity contribution is -0.274. The second-order valence-corrected chi connectivity index (χ2v) is 6.16. The molecule has 0 atom stereocenters. The van der Waals surface area contributed by atoms with Gasteiger partial charge in [-0.3, -0.25) is 0 Å². The van der Waals surface area contributed by atoms with Crippen LogP contribution in [0.5, 0.6) is 11.5 Å². The summed E-state index contributed by atoms with van der Waals surface area (Å²) >= 11 is 0. The van der Waals surface area contributed by atoms with Crippen LogP contribution in [-0.4, -0.2) is 6.36 Å². The van der Waals surface area contributed by atoms with Gasteiger partial charge >= 0.3 is 6.36 Å². The summed E-state index contributed by atoms with van der Waals surface area (Å²) in [5.74, 6) is 0.530. The van der Waals surface area contributed by atoms with Crippen molar-refractivity contribution in [2.75, 3.05) is 0 Å². The Morgan fingerprint density at radius 2 is 1.82 bits per heavy atom. The molecule has 0 spiro atoms. The number of benzene rings is 2. The lowest BCUT2D eigenvalue weighted by Crippen LogP contribution is -2.16. The summed E-state index contributed by atoms with van der Waals surface area (Å²) in [6, 6.07) is 7.94. The monoisotopic (exact) mass is 390 g/mol. The average molecular weight is 390 g/mol. The van der Waals surface area contributed by atoms with Crippen molar-refractivity contribution in [3.63, 3.8) is 0 Å². The van der Waals surface area contributed by atoms with E-state index in [1.54, 1.807) is 24.5 Å². The molecule has 0 N–H and O–H groups in total. The number of ether oxygens (including phenoxy) is 2. The van der Waals surface area contributed by atoms with Crippen LogP contribution in [0, 0.1) is 6.92 Å². The fourth-order valence-electron chi connectivity index (χ4n) is 3.12. The van der Waals surface area contributed by atoms with Gasteiger partial charge in [-0.15, -0.1) is 13.2 Å². The van der Waals surface area contributed by atoms with Gasteiger partial charge in [0.05, 0.1) is 6.26 Å². The average Bonchev–Trinajstić information content (AvgIpc) is 2.68. The van der Waals surface area contributed by atoms with Crippen LogP contribution in [0.3, 0.4) is 0 Å². The van der Waals surface area contributed by atoms with Crippen LogP contribution in [0.1, 0.15) is 43.9 Å². The van der Waals surface area contributed by atoms with Crippen LogP contribution >= 0.6 is 0 Å². The number of hydrogen-bond donors (Lipinski definition) is 0. The summed E-state index contributed by atoms with van der Waals surface area (Å²) in [4.78, 5) is 0. The molecule has 0 saturated heterocycles. The number of allylic oxidation sites excluding steroid dienone is 1. The van der Waals surface area contributed by atoms with Gasteiger partial charge in [0.25, 0.3) is 0 Å². The molecule has 0 amide bonds. The number of alkyl halides is 3. The van der Waals surface area contributed by atoms with Crippen molar-refractivity contribution in [3.8, 4) is 22.6 Å². The molecule has 0 aliphatic carbocycles. The van der Waals surface area contributed by atoms with Crippen molar-refractivity contribution >= 4 is 6.08 Å². The van der Waals surface area contributed by atoms with Gasteiger partial charge in [0.2, 0.25) is 0 Å². The Balaban J connectivity index is 0.00000136. The SMILES string of the molecule is C=Cc1c(C)cc(-c2ccc(OC(F)(F)F)cc2)c2c1OC=C(CC)C2.CC. The molecule has 2 nitrogen and oxygen atoms in total. The normalized spacial score (nSPS) is 12.8. The minimum atomic E-state index is -4.70. The molecular formula is C23H25F3O2. The van der Waals surface area contributed by atoms with Gasteiger partial charge in [-0.2, -0.15) is 0 Å². The van der Waals surface area contributed by atoms with E-state index in [1.165, 1.54) is 12.1 Å². The highest BCUT2D eigenvalue weighted by atomic mass is 19.4. The van der Waals surface area contributed by atoms with Gasteiger partial charge in [-0.05, 0) is 47.7 Å². The van der Waals surface area contributed by atoms with E-state index in [1.807, 2.05) is 26.8 Å². The molecule has 0 aromatic heterocycles. The first kappa shape index (κ1) is 21.6. The summed E-state index contributed by atoms with van der Waals surface area (Å²) in [5, 5.41) is 0. The van der Waals surface area contributed by atoms with Gasteiger partial charge in [0.1, 0.15) is 11.5 Å². The summed E-state index contributed by atoms with van der Waals surface area (Å²) < 4.78 is 46.9. The highest BCUT2D eigenvalue weighted by molar-refractivity contribution is 5.77. The van der Waals surface area contributed by atoms with Crippen molar-refractivity contribution in [2.45, 2.75) is 46.9 Å². The van der Waals surface area contributed by atoms with Crippen LogP contribution < -0.4 is 9.47 Å². The van der Waals surface area contributed by atoms with Crippen LogP contribution in [0.25, 0.3) is 17.2 Å². The Bertz CT molecular complexity index is 863. The van der Waals surface area contributed by atoms with Crippen LogP contribution in [-0.2, 0) is 6.42 Å². The maximum atomic E-state index is 12.4. The van der Waals surface area contributed by atoms with E-state index in [4.69, 9.17) is 4.74 Å². The van der Waals surface area contributed by atoms with Crippen molar-refractivity contribution in [2.24, 2.45) is 0 Å². The molecular weight excluding hydrogens is 365 g/mol. The number of fused-ring (bicyclic) bond motifs is 1. The standard InChI is InChI=1S/C21H19F3O2.C2H6/c1-4-14-11-19-18(10-13(3)17(5-2)20(19)25-12-14)15-6-8-16(9-7-15)26-21(22,23)24;1-2/h5-10,12H,2,4,11H2,1,3H3;1-2H3. The van der Waals surface area contributed by atoms with E-state index in [2.05, 4.69) is 18.2 Å². The molecule has 0 fully saturated rings. The zero-order chi connectivity index (χ0) is 20.9. The number of aryl methyl sites for hydroxylation is 1. The van der Waals surface area contributed by atoms with Gasteiger partial charge < -0.3 is 9.47 Å². The van der Waals surface area contributed by atoms with Crippen LogP contribution in [0.4, 0.5) is 13.2 Å². The highest BCUT2D eigenvalue weighted by Crippen LogP contribution is 2.41. The lowest BCUT2D eigenvalue weighted by Gasteiger charge is -2.23. The Morgan fingerprint density at radius 3 is 2.36 bits per heavy atom. The quantitative estimate of drug-likeness (QED) is 0.539. The van der Waals surface area contributed by atoms with E-state index in [9.17, 15) is 13.2 Å². The van der Waals surface area contributed by atoms with E-state index >= 15 is 0 Å². The molecule has 2 aromatic carbocycles. The van der Waals surface area contributed by atoms with Crippen LogP contribution in [0.15, 0.2) is 48.7 Å². The molecule has 150 valence electrons. The first-order valence-corrected chi connectivity index (χ1v) is 9.32. The Morgan fingerprint density at radius 1 is 1.18 bits per heavy atom. The second-order valence-electron chi connectivity index (χ2n) is 6.16. The maximum absolute atomic E-state index is 12.4. The topological polar surface area (TPSA) is 18.5 Å². The second kappa shape index (κ2) is 9.00. The van der Waals surface area contributed by atoms with Gasteiger partial charge in [-0.25, -0.2) is 0 Å². The fourth-order valence-corrected chi connectivity index (χ4v) is 3.12. The molecule has 0 radical (unpaired) electrons. The molecule has 1 heterocycles. The first-order chi connectivity index (χ1) is 13.3. The fraction of sp³-hybridized carbons (Fsp3) is 0.304. The van der Waals surface area contributed by atoms with Crippen molar-refractivity contribution in [3.05, 3.63) is 65.4 Å². The van der Waals surface area contributed by atoms with Gasteiger partial charge in [-0.1, -0.05) is 51.6 Å². The number of halogens is 3. The summed E-state index contributed by atoms with van der Waals surface area (Å²) in [5.41, 5.74) is 5.88. The number of hydrogen-bond acceptors (Lipinski definition) is 2. The minimum absolute atomic E-state index is 0.236. The third-order valence-electron chi connectivity index (χ3n) is 4.43. The first-order valence-electron chi connectivity index (χ1n) is 9.32. The predicted molar refractivity (Wildman–Crippen MR) is 107 cm³/mol. The smallest absolute Gasteiger partial charge is 0.464 e. The van der Waals surface area contributed by atoms with E-state index in [0.29, 0.717) is 0 Å². The molecule has 5 heteroatoms. The molecule has 0 bridgehead atoms. The van der Waals surface area contributed by atoms with Crippen molar-refractivity contribution in [1.82, 2.24) is 0 Å². The third-order valence-corrected chi connectivity index (χ3v) is 4.43. The van der Waals surface area contributed by atoms with Gasteiger partial charge in [0.15, 0.2) is 0 Å². The molecule has 1 aliphatic heterocycles. The molecule has 0 unspecified atom stereocenters. The zero-order valence-corrected chi connectivity index (χ0v) is 16.6. The van der Waals surface area contributed by atoms with Crippen molar-refractivity contribution in [1.29, 1.82) is 0 Å². The van der Waals surface area contributed by atoms with Crippen molar-refractivity contribution < 1.29 is 22.6 Å². The number of rotatable bonds is 4. The predicted octanol–water partition coefficient (Wildman–Crippen LogP) is 7.46. The molecule has 28 heavy (non-hydrogen) atoms. The van der Waals surface area contributed by atoms with E-state index in [0.717, 1.165) is 52.0 Å². The van der Waals surface area contributed by atoms with Gasteiger partial charge in [0, 0.05) is 17.5 Å². The minimum Gasteiger partial charge on any atom is -0.464 e. The van der Waals surface area contributed by atoms with Crippen LogP contribution in [0.2, 0.25) is 0 Å². The summed E-state index contributed by atoms with van der Waals surface area (Å²) in [6.07, 6.45) is 0.455. The third kappa shape index (κ3) is 4.77. The van der Waals surface area contributed by atoms with E-state index in [-0.39, 0.29) is 5.75 Å². The Kier molecular flexibility index (Phi) is 6.95. The largest absolute Gasteiger partial charge is 0.573 e. The Hall–Kier alpha value is -2.69. The molecule has 1 aliphatic rings.